The molecule has 1 aliphatic rings. The van der Waals surface area contributed by atoms with E-state index in [1.165, 1.54) is 16.4 Å². The van der Waals surface area contributed by atoms with Gasteiger partial charge in [-0.15, -0.1) is 0 Å². The molecule has 1 aromatic rings. The largest absolute Gasteiger partial charge is 0.369 e. The highest BCUT2D eigenvalue weighted by molar-refractivity contribution is 7.89. The third-order valence-electron chi connectivity index (χ3n) is 3.71. The summed E-state index contributed by atoms with van der Waals surface area (Å²) < 4.78 is 39.5. The van der Waals surface area contributed by atoms with Crippen LogP contribution < -0.4 is 5.73 Å². The van der Waals surface area contributed by atoms with E-state index < -0.39 is 21.7 Å². The van der Waals surface area contributed by atoms with Gasteiger partial charge < -0.3 is 5.73 Å². The average molecular weight is 314 g/mol. The number of carbonyl (C=O) groups excluding carboxylic acids is 1. The summed E-state index contributed by atoms with van der Waals surface area (Å²) in [6.07, 6.45) is 4.36. The van der Waals surface area contributed by atoms with Crippen molar-refractivity contribution in [1.82, 2.24) is 4.31 Å². The lowest BCUT2D eigenvalue weighted by molar-refractivity contribution is -0.118. The number of primary amides is 1. The van der Waals surface area contributed by atoms with Gasteiger partial charge in [-0.3, -0.25) is 4.79 Å². The van der Waals surface area contributed by atoms with Gasteiger partial charge in [-0.1, -0.05) is 19.3 Å². The monoisotopic (exact) mass is 314 g/mol. The molecule has 1 aliphatic carbocycles. The summed E-state index contributed by atoms with van der Waals surface area (Å²) in [4.78, 5) is 11.2. The lowest BCUT2D eigenvalue weighted by Crippen LogP contribution is -2.45. The normalized spacial score (nSPS) is 17.0. The molecule has 2 rings (SSSR count). The molecule has 1 saturated carbocycles. The second-order valence-corrected chi connectivity index (χ2v) is 7.15. The predicted molar refractivity (Wildman–Crippen MR) is 76.4 cm³/mol. The van der Waals surface area contributed by atoms with Gasteiger partial charge in [0.1, 0.15) is 5.82 Å². The van der Waals surface area contributed by atoms with E-state index in [0.717, 1.165) is 31.4 Å². The number of carbonyl (C=O) groups is 1. The van der Waals surface area contributed by atoms with Crippen LogP contribution >= 0.6 is 0 Å². The quantitative estimate of drug-likeness (QED) is 0.897. The fraction of sp³-hybridized carbons (Fsp3) is 0.500. The fourth-order valence-corrected chi connectivity index (χ4v) is 4.33. The number of sulfonamides is 1. The van der Waals surface area contributed by atoms with Crippen molar-refractivity contribution < 1.29 is 17.6 Å². The van der Waals surface area contributed by atoms with Crippen molar-refractivity contribution in [2.75, 3.05) is 6.54 Å². The first-order valence-electron chi connectivity index (χ1n) is 6.97. The maximum Gasteiger partial charge on any atom is 0.243 e. The molecule has 0 aromatic heterocycles. The van der Waals surface area contributed by atoms with E-state index in [9.17, 15) is 17.6 Å². The van der Waals surface area contributed by atoms with Crippen molar-refractivity contribution in [1.29, 1.82) is 0 Å². The van der Waals surface area contributed by atoms with Gasteiger partial charge >= 0.3 is 0 Å². The minimum Gasteiger partial charge on any atom is -0.369 e. The number of rotatable bonds is 5. The van der Waals surface area contributed by atoms with Gasteiger partial charge in [0.15, 0.2) is 0 Å². The number of amides is 1. The maximum absolute atomic E-state index is 13.0. The Kier molecular flexibility index (Phi) is 4.95. The van der Waals surface area contributed by atoms with Crippen LogP contribution in [0, 0.1) is 5.82 Å². The first-order valence-corrected chi connectivity index (χ1v) is 8.41. The molecule has 0 atom stereocenters. The van der Waals surface area contributed by atoms with E-state index in [4.69, 9.17) is 5.73 Å². The van der Waals surface area contributed by atoms with Crippen LogP contribution in [0.5, 0.6) is 0 Å². The van der Waals surface area contributed by atoms with Gasteiger partial charge in [0.25, 0.3) is 0 Å². The lowest BCUT2D eigenvalue weighted by Gasteiger charge is -2.32. The zero-order valence-electron chi connectivity index (χ0n) is 11.7. The zero-order chi connectivity index (χ0) is 15.5. The van der Waals surface area contributed by atoms with E-state index in [1.54, 1.807) is 0 Å². The third-order valence-corrected chi connectivity index (χ3v) is 5.63. The van der Waals surface area contributed by atoms with E-state index in [-0.39, 0.29) is 17.5 Å². The van der Waals surface area contributed by atoms with Gasteiger partial charge in [0.2, 0.25) is 15.9 Å². The topological polar surface area (TPSA) is 80.5 Å². The van der Waals surface area contributed by atoms with Gasteiger partial charge in [-0.2, -0.15) is 4.31 Å². The van der Waals surface area contributed by atoms with E-state index in [1.807, 2.05) is 0 Å². The Morgan fingerprint density at radius 3 is 2.29 bits per heavy atom. The van der Waals surface area contributed by atoms with E-state index >= 15 is 0 Å². The van der Waals surface area contributed by atoms with Crippen molar-refractivity contribution in [2.24, 2.45) is 5.73 Å². The molecule has 1 amide bonds. The van der Waals surface area contributed by atoms with Gasteiger partial charge in [-0.25, -0.2) is 12.8 Å². The minimum absolute atomic E-state index is 0.0178. The highest BCUT2D eigenvalue weighted by atomic mass is 32.2. The first kappa shape index (κ1) is 15.9. The highest BCUT2D eigenvalue weighted by Gasteiger charge is 2.33. The molecule has 7 heteroatoms. The SMILES string of the molecule is NC(=O)CN(C1CCCCC1)S(=O)(=O)c1ccc(F)cc1. The molecular formula is C14H19FN2O3S. The standard InChI is InChI=1S/C14H19FN2O3S/c15-11-6-8-13(9-7-11)21(19,20)17(10-14(16)18)12-4-2-1-3-5-12/h6-9,12H,1-5,10H2,(H2,16,18). The molecule has 0 radical (unpaired) electrons. The summed E-state index contributed by atoms with van der Waals surface area (Å²) in [5.74, 6) is -1.20. The van der Waals surface area contributed by atoms with Crippen LogP contribution in [-0.4, -0.2) is 31.2 Å². The Balaban J connectivity index is 2.33. The van der Waals surface area contributed by atoms with E-state index in [0.29, 0.717) is 12.8 Å². The van der Waals surface area contributed by atoms with Crippen LogP contribution in [0.3, 0.4) is 0 Å². The Labute approximate surface area is 124 Å². The van der Waals surface area contributed by atoms with Crippen molar-refractivity contribution in [3.05, 3.63) is 30.1 Å². The average Bonchev–Trinajstić information content (AvgIpc) is 2.46. The molecule has 116 valence electrons. The second kappa shape index (κ2) is 6.53. The number of hydrogen-bond donors (Lipinski definition) is 1. The molecule has 0 unspecified atom stereocenters. The molecule has 0 bridgehead atoms. The minimum atomic E-state index is -3.85. The van der Waals surface area contributed by atoms with Crippen LogP contribution in [0.15, 0.2) is 29.2 Å². The smallest absolute Gasteiger partial charge is 0.243 e. The summed E-state index contributed by atoms with van der Waals surface area (Å²) in [6.45, 7) is -0.343. The Morgan fingerprint density at radius 2 is 1.76 bits per heavy atom. The fourth-order valence-electron chi connectivity index (χ4n) is 2.67. The number of hydrogen-bond acceptors (Lipinski definition) is 3. The number of nitrogens with two attached hydrogens (primary N) is 1. The van der Waals surface area contributed by atoms with Gasteiger partial charge in [0.05, 0.1) is 11.4 Å². The summed E-state index contributed by atoms with van der Waals surface area (Å²) in [6, 6.07) is 4.39. The zero-order valence-corrected chi connectivity index (χ0v) is 12.5. The summed E-state index contributed by atoms with van der Waals surface area (Å²) in [7, 11) is -3.85. The lowest BCUT2D eigenvalue weighted by atomic mass is 9.95. The van der Waals surface area contributed by atoms with Crippen LogP contribution in [0.1, 0.15) is 32.1 Å². The molecule has 1 fully saturated rings. The molecular weight excluding hydrogens is 295 g/mol. The van der Waals surface area contributed by atoms with Crippen LogP contribution in [0.4, 0.5) is 4.39 Å². The van der Waals surface area contributed by atoms with Gasteiger partial charge in [-0.05, 0) is 37.1 Å². The van der Waals surface area contributed by atoms with Crippen LogP contribution in [0.25, 0.3) is 0 Å². The first-order chi connectivity index (χ1) is 9.91. The van der Waals surface area contributed by atoms with Crippen LogP contribution in [-0.2, 0) is 14.8 Å². The van der Waals surface area contributed by atoms with Crippen molar-refractivity contribution in [3.8, 4) is 0 Å². The van der Waals surface area contributed by atoms with E-state index in [2.05, 4.69) is 0 Å². The maximum atomic E-state index is 13.0. The molecule has 2 N–H and O–H groups in total. The van der Waals surface area contributed by atoms with Gasteiger partial charge in [0, 0.05) is 6.04 Å². The predicted octanol–water partition coefficient (Wildman–Crippen LogP) is 1.63. The number of benzene rings is 1. The molecule has 5 nitrogen and oxygen atoms in total. The molecule has 21 heavy (non-hydrogen) atoms. The number of halogens is 1. The summed E-state index contributed by atoms with van der Waals surface area (Å²) >= 11 is 0. The molecule has 0 spiro atoms. The summed E-state index contributed by atoms with van der Waals surface area (Å²) in [5, 5.41) is 0. The van der Waals surface area contributed by atoms with Crippen molar-refractivity contribution in [2.45, 2.75) is 43.0 Å². The second-order valence-electron chi connectivity index (χ2n) is 5.26. The molecule has 0 saturated heterocycles. The van der Waals surface area contributed by atoms with Crippen molar-refractivity contribution in [3.63, 3.8) is 0 Å². The molecule has 0 aliphatic heterocycles. The summed E-state index contributed by atoms with van der Waals surface area (Å²) in [5.41, 5.74) is 5.19. The highest BCUT2D eigenvalue weighted by Crippen LogP contribution is 2.27. The Hall–Kier alpha value is -1.47. The van der Waals surface area contributed by atoms with Crippen molar-refractivity contribution >= 4 is 15.9 Å². The Morgan fingerprint density at radius 1 is 1.19 bits per heavy atom. The number of nitrogens with zero attached hydrogens (tertiary/aromatic N) is 1. The molecule has 0 heterocycles. The third kappa shape index (κ3) is 3.79. The Bertz CT molecular complexity index is 595. The molecule has 1 aromatic carbocycles. The van der Waals surface area contributed by atoms with Crippen LogP contribution in [0.2, 0.25) is 0 Å².